The fourth-order valence-electron chi connectivity index (χ4n) is 2.89. The summed E-state index contributed by atoms with van der Waals surface area (Å²) in [6, 6.07) is 9.52. The molecule has 1 amide bonds. The summed E-state index contributed by atoms with van der Waals surface area (Å²) in [6.45, 7) is 3.52. The van der Waals surface area contributed by atoms with Crippen molar-refractivity contribution in [3.05, 3.63) is 51.5 Å². The number of thiazole rings is 1. The van der Waals surface area contributed by atoms with Crippen LogP contribution in [0.1, 0.15) is 57.7 Å². The standard InChI is InChI=1S/C18H20N2O3S/c1-10-15(18(22)23)24-17(20-10)11(2)19-16(21)14(13-8-9-13)12-6-4-3-5-7-12/h3-7,11,13-14H,8-9H2,1-2H3,(H,19,21)(H,22,23). The van der Waals surface area contributed by atoms with Crippen LogP contribution in [0.4, 0.5) is 0 Å². The second-order valence-electron chi connectivity index (χ2n) is 6.23. The number of hydrogen-bond acceptors (Lipinski definition) is 4. The smallest absolute Gasteiger partial charge is 0.347 e. The number of aryl methyl sites for hydroxylation is 1. The van der Waals surface area contributed by atoms with Gasteiger partial charge in [0, 0.05) is 0 Å². The average molecular weight is 344 g/mol. The van der Waals surface area contributed by atoms with Gasteiger partial charge in [-0.3, -0.25) is 4.79 Å². The SMILES string of the molecule is Cc1nc(C(C)NC(=O)C(c2ccccc2)C2CC2)sc1C(=O)O. The van der Waals surface area contributed by atoms with Crippen LogP contribution in [0.3, 0.4) is 0 Å². The van der Waals surface area contributed by atoms with Crippen LogP contribution in [0.15, 0.2) is 30.3 Å². The highest BCUT2D eigenvalue weighted by molar-refractivity contribution is 7.13. The summed E-state index contributed by atoms with van der Waals surface area (Å²) in [4.78, 5) is 28.5. The summed E-state index contributed by atoms with van der Waals surface area (Å²) in [6.07, 6.45) is 2.14. The monoisotopic (exact) mass is 344 g/mol. The van der Waals surface area contributed by atoms with Gasteiger partial charge in [-0.2, -0.15) is 0 Å². The molecule has 0 aliphatic heterocycles. The van der Waals surface area contributed by atoms with Gasteiger partial charge in [-0.25, -0.2) is 9.78 Å². The molecule has 1 aliphatic carbocycles. The number of amides is 1. The summed E-state index contributed by atoms with van der Waals surface area (Å²) < 4.78 is 0. The first kappa shape index (κ1) is 16.6. The predicted molar refractivity (Wildman–Crippen MR) is 92.3 cm³/mol. The lowest BCUT2D eigenvalue weighted by Gasteiger charge is -2.19. The molecule has 0 radical (unpaired) electrons. The lowest BCUT2D eigenvalue weighted by molar-refractivity contribution is -0.123. The van der Waals surface area contributed by atoms with Gasteiger partial charge in [0.1, 0.15) is 9.88 Å². The third-order valence-electron chi connectivity index (χ3n) is 4.27. The fourth-order valence-corrected chi connectivity index (χ4v) is 3.80. The Bertz CT molecular complexity index is 753. The van der Waals surface area contributed by atoms with Crippen LogP contribution in [0.5, 0.6) is 0 Å². The molecule has 2 N–H and O–H groups in total. The molecule has 0 saturated heterocycles. The number of carbonyl (C=O) groups is 2. The molecule has 5 nitrogen and oxygen atoms in total. The molecule has 1 aromatic heterocycles. The number of carboxylic acids is 1. The van der Waals surface area contributed by atoms with E-state index in [0.29, 0.717) is 16.6 Å². The van der Waals surface area contributed by atoms with E-state index in [9.17, 15) is 9.59 Å². The number of aromatic nitrogens is 1. The van der Waals surface area contributed by atoms with Gasteiger partial charge in [-0.05, 0) is 38.2 Å². The Hall–Kier alpha value is -2.21. The highest BCUT2D eigenvalue weighted by Gasteiger charge is 2.37. The van der Waals surface area contributed by atoms with Crippen LogP contribution in [0.2, 0.25) is 0 Å². The summed E-state index contributed by atoms with van der Waals surface area (Å²) in [5, 5.41) is 12.8. The van der Waals surface area contributed by atoms with Gasteiger partial charge in [0.2, 0.25) is 5.91 Å². The van der Waals surface area contributed by atoms with Crippen LogP contribution >= 0.6 is 11.3 Å². The molecule has 24 heavy (non-hydrogen) atoms. The molecule has 1 saturated carbocycles. The van der Waals surface area contributed by atoms with Crippen LogP contribution in [0.25, 0.3) is 0 Å². The van der Waals surface area contributed by atoms with Crippen molar-refractivity contribution in [1.29, 1.82) is 0 Å². The Morgan fingerprint density at radius 1 is 1.29 bits per heavy atom. The van der Waals surface area contributed by atoms with Crippen LogP contribution in [-0.4, -0.2) is 22.0 Å². The number of nitrogens with one attached hydrogen (secondary N) is 1. The molecule has 0 spiro atoms. The van der Waals surface area contributed by atoms with Crippen molar-refractivity contribution >= 4 is 23.2 Å². The third kappa shape index (κ3) is 3.48. The Labute approximate surface area is 144 Å². The fraction of sp³-hybridized carbons (Fsp3) is 0.389. The van der Waals surface area contributed by atoms with E-state index in [1.807, 2.05) is 37.3 Å². The summed E-state index contributed by atoms with van der Waals surface area (Å²) in [5.41, 5.74) is 1.52. The zero-order chi connectivity index (χ0) is 17.3. The minimum absolute atomic E-state index is 0.0130. The number of benzene rings is 1. The Kier molecular flexibility index (Phi) is 4.66. The van der Waals surface area contributed by atoms with Crippen molar-refractivity contribution < 1.29 is 14.7 Å². The van der Waals surface area contributed by atoms with Crippen molar-refractivity contribution in [2.24, 2.45) is 5.92 Å². The second kappa shape index (κ2) is 6.73. The molecular weight excluding hydrogens is 324 g/mol. The largest absolute Gasteiger partial charge is 0.477 e. The molecule has 2 unspecified atom stereocenters. The number of carboxylic acid groups (broad SMARTS) is 1. The number of carbonyl (C=O) groups excluding carboxylic acids is 1. The van der Waals surface area contributed by atoms with Crippen molar-refractivity contribution in [3.63, 3.8) is 0 Å². The first-order valence-corrected chi connectivity index (χ1v) is 8.85. The minimum atomic E-state index is -0.977. The molecule has 3 rings (SSSR count). The maximum Gasteiger partial charge on any atom is 0.347 e. The zero-order valence-corrected chi connectivity index (χ0v) is 14.5. The van der Waals surface area contributed by atoms with Gasteiger partial charge in [0.25, 0.3) is 0 Å². The second-order valence-corrected chi connectivity index (χ2v) is 7.26. The molecule has 126 valence electrons. The van der Waals surface area contributed by atoms with Crippen LogP contribution in [-0.2, 0) is 4.79 Å². The molecule has 6 heteroatoms. The van der Waals surface area contributed by atoms with E-state index in [2.05, 4.69) is 10.3 Å². The number of rotatable bonds is 6. The predicted octanol–water partition coefficient (Wildman–Crippen LogP) is 3.52. The van der Waals surface area contributed by atoms with E-state index in [4.69, 9.17) is 5.11 Å². The molecule has 2 atom stereocenters. The summed E-state index contributed by atoms with van der Waals surface area (Å²) in [7, 11) is 0. The zero-order valence-electron chi connectivity index (χ0n) is 13.7. The summed E-state index contributed by atoms with van der Waals surface area (Å²) in [5.74, 6) is -0.739. The summed E-state index contributed by atoms with van der Waals surface area (Å²) >= 11 is 1.12. The van der Waals surface area contributed by atoms with Crippen molar-refractivity contribution in [2.75, 3.05) is 0 Å². The number of aromatic carboxylic acids is 1. The molecule has 1 fully saturated rings. The minimum Gasteiger partial charge on any atom is -0.477 e. The van der Waals surface area contributed by atoms with Gasteiger partial charge in [0.15, 0.2) is 0 Å². The quantitative estimate of drug-likeness (QED) is 0.840. The van der Waals surface area contributed by atoms with Crippen molar-refractivity contribution in [1.82, 2.24) is 10.3 Å². The Morgan fingerprint density at radius 2 is 1.96 bits per heavy atom. The first-order valence-electron chi connectivity index (χ1n) is 8.03. The lowest BCUT2D eigenvalue weighted by atomic mass is 9.93. The van der Waals surface area contributed by atoms with Gasteiger partial charge < -0.3 is 10.4 Å². The maximum absolute atomic E-state index is 12.8. The van der Waals surface area contributed by atoms with E-state index in [1.165, 1.54) is 0 Å². The first-order chi connectivity index (χ1) is 11.5. The van der Waals surface area contributed by atoms with E-state index in [1.54, 1.807) is 6.92 Å². The highest BCUT2D eigenvalue weighted by Crippen LogP contribution is 2.43. The van der Waals surface area contributed by atoms with Gasteiger partial charge in [-0.1, -0.05) is 30.3 Å². The van der Waals surface area contributed by atoms with E-state index >= 15 is 0 Å². The van der Waals surface area contributed by atoms with Crippen LogP contribution < -0.4 is 5.32 Å². The van der Waals surface area contributed by atoms with Gasteiger partial charge in [0.05, 0.1) is 17.7 Å². The average Bonchev–Trinajstić information content (AvgIpc) is 3.28. The molecule has 2 aromatic rings. The Morgan fingerprint density at radius 3 is 2.50 bits per heavy atom. The maximum atomic E-state index is 12.8. The molecule has 1 aromatic carbocycles. The normalized spacial score (nSPS) is 16.4. The van der Waals surface area contributed by atoms with E-state index in [0.717, 1.165) is 29.7 Å². The van der Waals surface area contributed by atoms with E-state index < -0.39 is 5.97 Å². The number of hydrogen-bond donors (Lipinski definition) is 2. The molecule has 0 bridgehead atoms. The van der Waals surface area contributed by atoms with E-state index in [-0.39, 0.29) is 22.7 Å². The van der Waals surface area contributed by atoms with Gasteiger partial charge in [-0.15, -0.1) is 11.3 Å². The molecule has 1 aliphatic rings. The highest BCUT2D eigenvalue weighted by atomic mass is 32.1. The molecular formula is C18H20N2O3S. The Balaban J connectivity index is 1.75. The number of nitrogens with zero attached hydrogens (tertiary/aromatic N) is 1. The van der Waals surface area contributed by atoms with Crippen LogP contribution in [0, 0.1) is 12.8 Å². The lowest BCUT2D eigenvalue weighted by Crippen LogP contribution is -2.32. The van der Waals surface area contributed by atoms with Crippen molar-refractivity contribution in [2.45, 2.75) is 38.6 Å². The molecule has 1 heterocycles. The topological polar surface area (TPSA) is 79.3 Å². The third-order valence-corrected chi connectivity index (χ3v) is 5.60. The van der Waals surface area contributed by atoms with Crippen molar-refractivity contribution in [3.8, 4) is 0 Å². The van der Waals surface area contributed by atoms with Gasteiger partial charge >= 0.3 is 5.97 Å².